The number of hydrogen-bond donors (Lipinski definition) is 0. The van der Waals surface area contributed by atoms with Gasteiger partial charge in [0, 0.05) is 23.0 Å². The summed E-state index contributed by atoms with van der Waals surface area (Å²) in [6.07, 6.45) is 1.85. The number of ether oxygens (including phenoxy) is 2. The lowest BCUT2D eigenvalue weighted by Gasteiger charge is -2.28. The van der Waals surface area contributed by atoms with Gasteiger partial charge in [0.1, 0.15) is 6.54 Å². The standard InChI is InChI=1S/C29H26N2O4S/c32-28(18-31(22-11-12-22)29(33)25-9-3-6-21-5-1-2-8-24(21)25)30(17-23-7-4-14-36-23)16-20-10-13-26-27(15-20)35-19-34-26/h1-10,13-15,22H,11-12,16-19H2. The van der Waals surface area contributed by atoms with Crippen LogP contribution in [0.25, 0.3) is 10.8 Å². The molecule has 2 heterocycles. The number of hydrogen-bond acceptors (Lipinski definition) is 5. The Morgan fingerprint density at radius 1 is 0.889 bits per heavy atom. The van der Waals surface area contributed by atoms with E-state index in [4.69, 9.17) is 9.47 Å². The van der Waals surface area contributed by atoms with Gasteiger partial charge in [0.25, 0.3) is 5.91 Å². The fourth-order valence-electron chi connectivity index (χ4n) is 4.65. The molecule has 0 saturated heterocycles. The molecule has 0 spiro atoms. The van der Waals surface area contributed by atoms with Crippen LogP contribution in [-0.2, 0) is 17.9 Å². The van der Waals surface area contributed by atoms with Crippen molar-refractivity contribution in [3.8, 4) is 11.5 Å². The SMILES string of the molecule is O=C(CN(C(=O)c1cccc2ccccc12)C1CC1)N(Cc1ccc2c(c1)OCO2)Cc1cccs1. The molecule has 36 heavy (non-hydrogen) atoms. The Bertz CT molecular complexity index is 1410. The summed E-state index contributed by atoms with van der Waals surface area (Å²) in [7, 11) is 0. The number of carbonyl (C=O) groups is 2. The molecule has 0 N–H and O–H groups in total. The zero-order valence-corrected chi connectivity index (χ0v) is 20.6. The Morgan fingerprint density at radius 2 is 1.72 bits per heavy atom. The van der Waals surface area contributed by atoms with Gasteiger partial charge in [-0.3, -0.25) is 9.59 Å². The van der Waals surface area contributed by atoms with Crippen molar-refractivity contribution in [1.29, 1.82) is 0 Å². The molecular formula is C29H26N2O4S. The maximum atomic E-state index is 13.7. The Balaban J connectivity index is 1.26. The average molecular weight is 499 g/mol. The molecule has 182 valence electrons. The molecule has 1 saturated carbocycles. The largest absolute Gasteiger partial charge is 0.454 e. The van der Waals surface area contributed by atoms with E-state index in [9.17, 15) is 9.59 Å². The van der Waals surface area contributed by atoms with Crippen LogP contribution in [0.4, 0.5) is 0 Å². The normalized spacial score (nSPS) is 14.1. The highest BCUT2D eigenvalue weighted by atomic mass is 32.1. The highest BCUT2D eigenvalue weighted by Crippen LogP contribution is 2.33. The molecule has 0 unspecified atom stereocenters. The topological polar surface area (TPSA) is 59.1 Å². The van der Waals surface area contributed by atoms with Crippen LogP contribution in [-0.4, -0.2) is 41.0 Å². The van der Waals surface area contributed by atoms with Gasteiger partial charge in [0.2, 0.25) is 12.7 Å². The Labute approximate surface area is 213 Å². The van der Waals surface area contributed by atoms with Crippen molar-refractivity contribution >= 4 is 33.9 Å². The maximum absolute atomic E-state index is 13.7. The molecule has 7 heteroatoms. The number of amides is 2. The van der Waals surface area contributed by atoms with Crippen molar-refractivity contribution in [2.75, 3.05) is 13.3 Å². The van der Waals surface area contributed by atoms with Crippen molar-refractivity contribution in [2.45, 2.75) is 32.0 Å². The number of carbonyl (C=O) groups excluding carboxylic acids is 2. The second kappa shape index (κ2) is 9.66. The molecule has 4 aromatic rings. The number of benzene rings is 3. The maximum Gasteiger partial charge on any atom is 0.255 e. The molecule has 1 fully saturated rings. The molecule has 0 radical (unpaired) electrons. The van der Waals surface area contributed by atoms with E-state index in [1.807, 2.05) is 83.1 Å². The van der Waals surface area contributed by atoms with Crippen LogP contribution >= 0.6 is 11.3 Å². The van der Waals surface area contributed by atoms with Crippen LogP contribution in [0.2, 0.25) is 0 Å². The third-order valence-electron chi connectivity index (χ3n) is 6.66. The fraction of sp³-hybridized carbons (Fsp3) is 0.241. The third kappa shape index (κ3) is 4.66. The number of rotatable bonds is 8. The minimum atomic E-state index is -0.0817. The van der Waals surface area contributed by atoms with Gasteiger partial charge in [0.05, 0.1) is 6.54 Å². The lowest BCUT2D eigenvalue weighted by atomic mass is 10.0. The Kier molecular flexibility index (Phi) is 6.07. The first-order valence-corrected chi connectivity index (χ1v) is 13.0. The van der Waals surface area contributed by atoms with Crippen LogP contribution < -0.4 is 9.47 Å². The summed E-state index contributed by atoms with van der Waals surface area (Å²) >= 11 is 1.62. The van der Waals surface area contributed by atoms with Crippen LogP contribution in [0.3, 0.4) is 0 Å². The Hall–Kier alpha value is -3.84. The minimum Gasteiger partial charge on any atom is -0.454 e. The number of fused-ring (bicyclic) bond motifs is 2. The van der Waals surface area contributed by atoms with Gasteiger partial charge in [0.15, 0.2) is 11.5 Å². The molecule has 6 nitrogen and oxygen atoms in total. The van der Waals surface area contributed by atoms with E-state index >= 15 is 0 Å². The molecule has 1 aliphatic heterocycles. The van der Waals surface area contributed by atoms with Crippen LogP contribution in [0.1, 0.15) is 33.6 Å². The average Bonchev–Trinajstić information content (AvgIpc) is 3.40. The molecule has 0 atom stereocenters. The lowest BCUT2D eigenvalue weighted by molar-refractivity contribution is -0.133. The summed E-state index contributed by atoms with van der Waals surface area (Å²) in [5, 5.41) is 3.95. The summed E-state index contributed by atoms with van der Waals surface area (Å²) in [5.74, 6) is 1.26. The van der Waals surface area contributed by atoms with E-state index in [1.54, 1.807) is 16.2 Å². The molecule has 6 rings (SSSR count). The van der Waals surface area contributed by atoms with Crippen molar-refractivity contribution in [3.63, 3.8) is 0 Å². The highest BCUT2D eigenvalue weighted by molar-refractivity contribution is 7.09. The van der Waals surface area contributed by atoms with Crippen LogP contribution in [0.15, 0.2) is 78.2 Å². The molecule has 0 bridgehead atoms. The van der Waals surface area contributed by atoms with E-state index in [-0.39, 0.29) is 31.2 Å². The van der Waals surface area contributed by atoms with Crippen LogP contribution in [0.5, 0.6) is 11.5 Å². The second-order valence-electron chi connectivity index (χ2n) is 9.21. The monoisotopic (exact) mass is 498 g/mol. The third-order valence-corrected chi connectivity index (χ3v) is 7.53. The minimum absolute atomic E-state index is 0.0582. The van der Waals surface area contributed by atoms with Gasteiger partial charge in [-0.15, -0.1) is 11.3 Å². The molecule has 3 aromatic carbocycles. The van der Waals surface area contributed by atoms with Crippen molar-refractivity contribution < 1.29 is 19.1 Å². The van der Waals surface area contributed by atoms with E-state index in [1.165, 1.54) is 0 Å². The summed E-state index contributed by atoms with van der Waals surface area (Å²) < 4.78 is 11.0. The van der Waals surface area contributed by atoms with Gasteiger partial charge in [-0.05, 0) is 58.8 Å². The number of nitrogens with zero attached hydrogens (tertiary/aromatic N) is 2. The first-order valence-electron chi connectivity index (χ1n) is 12.1. The molecule has 1 aliphatic carbocycles. The molecule has 1 aromatic heterocycles. The molecular weight excluding hydrogens is 472 g/mol. The molecule has 2 aliphatic rings. The van der Waals surface area contributed by atoms with Gasteiger partial charge in [-0.2, -0.15) is 0 Å². The predicted molar refractivity (Wildman–Crippen MR) is 139 cm³/mol. The summed E-state index contributed by atoms with van der Waals surface area (Å²) in [5.41, 5.74) is 1.61. The molecule has 2 amide bonds. The summed E-state index contributed by atoms with van der Waals surface area (Å²) in [4.78, 5) is 32.2. The van der Waals surface area contributed by atoms with Gasteiger partial charge in [-0.1, -0.05) is 48.5 Å². The first kappa shape index (κ1) is 22.6. The van der Waals surface area contributed by atoms with Gasteiger partial charge in [-0.25, -0.2) is 0 Å². The van der Waals surface area contributed by atoms with Crippen molar-refractivity contribution in [1.82, 2.24) is 9.80 Å². The summed E-state index contributed by atoms with van der Waals surface area (Å²) in [6, 6.07) is 23.6. The van der Waals surface area contributed by atoms with Crippen LogP contribution in [0, 0.1) is 0 Å². The first-order chi connectivity index (χ1) is 17.7. The summed E-state index contributed by atoms with van der Waals surface area (Å²) in [6.45, 7) is 1.19. The van der Waals surface area contributed by atoms with Crippen molar-refractivity contribution in [3.05, 3.63) is 94.2 Å². The van der Waals surface area contributed by atoms with E-state index in [0.29, 0.717) is 24.4 Å². The highest BCUT2D eigenvalue weighted by Gasteiger charge is 2.36. The van der Waals surface area contributed by atoms with E-state index in [2.05, 4.69) is 0 Å². The van der Waals surface area contributed by atoms with Gasteiger partial charge >= 0.3 is 0 Å². The zero-order chi connectivity index (χ0) is 24.5. The smallest absolute Gasteiger partial charge is 0.255 e. The fourth-order valence-corrected chi connectivity index (χ4v) is 5.37. The second-order valence-corrected chi connectivity index (χ2v) is 10.2. The quantitative estimate of drug-likeness (QED) is 0.324. The lowest BCUT2D eigenvalue weighted by Crippen LogP contribution is -2.43. The van der Waals surface area contributed by atoms with Crippen molar-refractivity contribution in [2.24, 2.45) is 0 Å². The zero-order valence-electron chi connectivity index (χ0n) is 19.8. The Morgan fingerprint density at radius 3 is 2.56 bits per heavy atom. The van der Waals surface area contributed by atoms with Gasteiger partial charge < -0.3 is 19.3 Å². The van der Waals surface area contributed by atoms with E-state index in [0.717, 1.165) is 39.8 Å². The van der Waals surface area contributed by atoms with E-state index < -0.39 is 0 Å². The predicted octanol–water partition coefficient (Wildman–Crippen LogP) is 5.46. The number of thiophene rings is 1.